The highest BCUT2D eigenvalue weighted by Crippen LogP contribution is 2.36. The lowest BCUT2D eigenvalue weighted by Crippen LogP contribution is -2.27. The predicted molar refractivity (Wildman–Crippen MR) is 137 cm³/mol. The second-order valence-electron chi connectivity index (χ2n) is 7.43. The van der Waals surface area contributed by atoms with Gasteiger partial charge < -0.3 is 9.47 Å². The van der Waals surface area contributed by atoms with Crippen molar-refractivity contribution in [1.82, 2.24) is 4.90 Å². The van der Waals surface area contributed by atoms with Crippen molar-refractivity contribution >= 4 is 56.6 Å². The standard InChI is InChI=1S/C25H17BrN2O7S/c1-34-21-12-15(10-11-20(21)35-24(30)17-7-3-4-8-18(17)26)13-22-23(29)27(25(31)36-22)14-16-6-2-5-9-19(16)28(32)33/h2-13H,14H2,1H3/b22-13-. The number of nitro benzene ring substituents is 1. The number of nitrogens with zero attached hydrogens (tertiary/aromatic N) is 2. The number of thioether (sulfide) groups is 1. The molecule has 182 valence electrons. The van der Waals surface area contributed by atoms with Crippen LogP contribution in [0.3, 0.4) is 0 Å². The first-order chi connectivity index (χ1) is 17.3. The number of hydrogen-bond donors (Lipinski definition) is 0. The minimum absolute atomic E-state index is 0.151. The number of methoxy groups -OCH3 is 1. The van der Waals surface area contributed by atoms with E-state index in [-0.39, 0.29) is 34.2 Å². The van der Waals surface area contributed by atoms with Gasteiger partial charge in [0.25, 0.3) is 16.8 Å². The minimum Gasteiger partial charge on any atom is -0.493 e. The maximum atomic E-state index is 12.9. The molecule has 1 aliphatic heterocycles. The number of esters is 1. The number of nitro groups is 1. The van der Waals surface area contributed by atoms with Crippen molar-refractivity contribution < 1.29 is 28.8 Å². The van der Waals surface area contributed by atoms with Crippen LogP contribution >= 0.6 is 27.7 Å². The summed E-state index contributed by atoms with van der Waals surface area (Å²) >= 11 is 4.05. The molecule has 9 nitrogen and oxygen atoms in total. The molecule has 0 saturated carbocycles. The van der Waals surface area contributed by atoms with E-state index in [0.29, 0.717) is 15.6 Å². The molecule has 0 unspecified atom stereocenters. The summed E-state index contributed by atoms with van der Waals surface area (Å²) in [6.07, 6.45) is 1.51. The van der Waals surface area contributed by atoms with Crippen molar-refractivity contribution in [1.29, 1.82) is 0 Å². The third-order valence-corrected chi connectivity index (χ3v) is 6.77. The first-order valence-electron chi connectivity index (χ1n) is 10.4. The summed E-state index contributed by atoms with van der Waals surface area (Å²) in [6.45, 7) is -0.216. The Hall–Kier alpha value is -3.96. The highest BCUT2D eigenvalue weighted by Gasteiger charge is 2.36. The first-order valence-corrected chi connectivity index (χ1v) is 12.0. The van der Waals surface area contributed by atoms with E-state index in [2.05, 4.69) is 15.9 Å². The van der Waals surface area contributed by atoms with Gasteiger partial charge in [0, 0.05) is 16.1 Å². The van der Waals surface area contributed by atoms with Crippen LogP contribution in [0.1, 0.15) is 21.5 Å². The summed E-state index contributed by atoms with van der Waals surface area (Å²) in [5.74, 6) is -0.709. The van der Waals surface area contributed by atoms with E-state index in [1.165, 1.54) is 37.5 Å². The Balaban J connectivity index is 1.54. The van der Waals surface area contributed by atoms with Crippen molar-refractivity contribution in [3.8, 4) is 11.5 Å². The summed E-state index contributed by atoms with van der Waals surface area (Å²) in [6, 6.07) is 17.5. The smallest absolute Gasteiger partial charge is 0.344 e. The number of amides is 2. The molecule has 3 aromatic rings. The number of benzene rings is 3. The number of hydrogen-bond acceptors (Lipinski definition) is 8. The molecule has 2 amide bonds. The van der Waals surface area contributed by atoms with Gasteiger partial charge in [0.2, 0.25) is 0 Å². The van der Waals surface area contributed by atoms with Crippen LogP contribution in [0.5, 0.6) is 11.5 Å². The second kappa shape index (κ2) is 10.8. The van der Waals surface area contributed by atoms with E-state index < -0.39 is 22.0 Å². The quantitative estimate of drug-likeness (QED) is 0.115. The zero-order valence-corrected chi connectivity index (χ0v) is 21.1. The largest absolute Gasteiger partial charge is 0.493 e. The summed E-state index contributed by atoms with van der Waals surface area (Å²) in [5, 5.41) is 10.7. The molecule has 1 heterocycles. The van der Waals surface area contributed by atoms with Crippen LogP contribution in [-0.2, 0) is 11.3 Å². The van der Waals surface area contributed by atoms with Gasteiger partial charge in [-0.25, -0.2) is 4.79 Å². The van der Waals surface area contributed by atoms with Crippen LogP contribution in [0.2, 0.25) is 0 Å². The molecule has 1 aliphatic rings. The Bertz CT molecular complexity index is 1420. The maximum absolute atomic E-state index is 12.9. The monoisotopic (exact) mass is 568 g/mol. The normalized spacial score (nSPS) is 14.3. The molecule has 0 aromatic heterocycles. The van der Waals surface area contributed by atoms with Gasteiger partial charge >= 0.3 is 5.97 Å². The van der Waals surface area contributed by atoms with Crippen molar-refractivity contribution in [2.24, 2.45) is 0 Å². The number of ether oxygens (including phenoxy) is 2. The number of imide groups is 1. The van der Waals surface area contributed by atoms with Crippen LogP contribution in [0.15, 0.2) is 76.1 Å². The van der Waals surface area contributed by atoms with Gasteiger partial charge in [-0.15, -0.1) is 0 Å². The molecular formula is C25H17BrN2O7S. The Morgan fingerprint density at radius 2 is 1.81 bits per heavy atom. The Morgan fingerprint density at radius 3 is 2.53 bits per heavy atom. The van der Waals surface area contributed by atoms with E-state index in [1.54, 1.807) is 42.5 Å². The highest BCUT2D eigenvalue weighted by atomic mass is 79.9. The molecule has 0 atom stereocenters. The molecule has 0 spiro atoms. The van der Waals surface area contributed by atoms with Gasteiger partial charge in [-0.2, -0.15) is 0 Å². The lowest BCUT2D eigenvalue weighted by atomic mass is 10.1. The topological polar surface area (TPSA) is 116 Å². The van der Waals surface area contributed by atoms with Gasteiger partial charge in [-0.05, 0) is 63.6 Å². The first kappa shape index (κ1) is 25.1. The third-order valence-electron chi connectivity index (χ3n) is 5.17. The molecule has 0 aliphatic carbocycles. The molecule has 0 radical (unpaired) electrons. The van der Waals surface area contributed by atoms with Gasteiger partial charge in [0.05, 0.1) is 29.0 Å². The number of para-hydroxylation sites is 1. The summed E-state index contributed by atoms with van der Waals surface area (Å²) < 4.78 is 11.4. The Labute approximate surface area is 218 Å². The van der Waals surface area contributed by atoms with Crippen molar-refractivity contribution in [2.45, 2.75) is 6.54 Å². The molecule has 3 aromatic carbocycles. The van der Waals surface area contributed by atoms with Crippen LogP contribution in [0, 0.1) is 10.1 Å². The number of rotatable bonds is 7. The van der Waals surface area contributed by atoms with E-state index in [0.717, 1.165) is 16.7 Å². The fourth-order valence-corrected chi connectivity index (χ4v) is 4.71. The Morgan fingerprint density at radius 1 is 1.08 bits per heavy atom. The average Bonchev–Trinajstić information content (AvgIpc) is 3.12. The molecular weight excluding hydrogens is 552 g/mol. The molecule has 0 bridgehead atoms. The molecule has 11 heteroatoms. The van der Waals surface area contributed by atoms with Gasteiger partial charge in [-0.3, -0.25) is 24.6 Å². The highest BCUT2D eigenvalue weighted by molar-refractivity contribution is 9.10. The van der Waals surface area contributed by atoms with Crippen LogP contribution in [0.25, 0.3) is 6.08 Å². The van der Waals surface area contributed by atoms with E-state index in [1.807, 2.05) is 0 Å². The van der Waals surface area contributed by atoms with E-state index in [4.69, 9.17) is 9.47 Å². The van der Waals surface area contributed by atoms with Crippen LogP contribution < -0.4 is 9.47 Å². The van der Waals surface area contributed by atoms with Crippen LogP contribution in [-0.4, -0.2) is 34.0 Å². The number of carbonyl (C=O) groups is 3. The summed E-state index contributed by atoms with van der Waals surface area (Å²) in [5.41, 5.74) is 0.960. The fraction of sp³-hybridized carbons (Fsp3) is 0.0800. The predicted octanol–water partition coefficient (Wildman–Crippen LogP) is 5.82. The molecule has 0 N–H and O–H groups in total. The van der Waals surface area contributed by atoms with E-state index in [9.17, 15) is 24.5 Å². The minimum atomic E-state index is -0.579. The van der Waals surface area contributed by atoms with Crippen molar-refractivity contribution in [3.63, 3.8) is 0 Å². The second-order valence-corrected chi connectivity index (χ2v) is 9.28. The van der Waals surface area contributed by atoms with Crippen molar-refractivity contribution in [2.75, 3.05) is 7.11 Å². The van der Waals surface area contributed by atoms with Gasteiger partial charge in [0.15, 0.2) is 11.5 Å². The Kier molecular flexibility index (Phi) is 7.51. The molecule has 1 saturated heterocycles. The zero-order valence-electron chi connectivity index (χ0n) is 18.7. The fourth-order valence-electron chi connectivity index (χ4n) is 3.42. The van der Waals surface area contributed by atoms with Crippen LogP contribution in [0.4, 0.5) is 10.5 Å². The molecule has 4 rings (SSSR count). The van der Waals surface area contributed by atoms with Crippen molar-refractivity contribution in [3.05, 3.63) is 103 Å². The van der Waals surface area contributed by atoms with Gasteiger partial charge in [0.1, 0.15) is 0 Å². The van der Waals surface area contributed by atoms with E-state index >= 15 is 0 Å². The molecule has 1 fully saturated rings. The zero-order chi connectivity index (χ0) is 25.8. The summed E-state index contributed by atoms with van der Waals surface area (Å²) in [4.78, 5) is 49.8. The number of carbonyl (C=O) groups excluding carboxylic acids is 3. The summed E-state index contributed by atoms with van der Waals surface area (Å²) in [7, 11) is 1.41. The van der Waals surface area contributed by atoms with Gasteiger partial charge in [-0.1, -0.05) is 36.4 Å². The molecule has 36 heavy (non-hydrogen) atoms. The lowest BCUT2D eigenvalue weighted by Gasteiger charge is -2.12. The maximum Gasteiger partial charge on any atom is 0.344 e. The number of halogens is 1. The SMILES string of the molecule is COc1cc(/C=C2\SC(=O)N(Cc3ccccc3[N+](=O)[O-])C2=O)ccc1OC(=O)c1ccccc1Br. The lowest BCUT2D eigenvalue weighted by molar-refractivity contribution is -0.385. The third kappa shape index (κ3) is 5.31. The average molecular weight is 569 g/mol.